The van der Waals surface area contributed by atoms with Gasteiger partial charge in [-0.1, -0.05) is 0 Å². The Labute approximate surface area is 192 Å². The van der Waals surface area contributed by atoms with Crippen molar-refractivity contribution in [1.29, 1.82) is 0 Å². The third-order valence-corrected chi connectivity index (χ3v) is 5.30. The number of carbonyl (C=O) groups is 4. The number of hydrogen-bond donors (Lipinski definition) is 8. The number of carboxylic acid groups (broad SMARTS) is 1. The van der Waals surface area contributed by atoms with Crippen molar-refractivity contribution in [2.75, 3.05) is 18.6 Å². The van der Waals surface area contributed by atoms with Crippen LogP contribution in [0.3, 0.4) is 0 Å². The van der Waals surface area contributed by atoms with Gasteiger partial charge in [0, 0.05) is 0 Å². The Kier molecular flexibility index (Phi) is 14.9. The van der Waals surface area contributed by atoms with E-state index in [4.69, 9.17) is 11.5 Å². The van der Waals surface area contributed by atoms with E-state index in [0.717, 1.165) is 0 Å². The Morgan fingerprint density at radius 2 is 1.38 bits per heavy atom. The molecule has 0 bridgehead atoms. The van der Waals surface area contributed by atoms with E-state index < -0.39 is 60.1 Å². The average molecular weight is 480 g/mol. The molecule has 0 aromatic rings. The highest BCUT2D eigenvalue weighted by molar-refractivity contribution is 7.98. The van der Waals surface area contributed by atoms with E-state index in [0.29, 0.717) is 31.6 Å². The molecule has 10 N–H and O–H groups in total. The lowest BCUT2D eigenvalue weighted by molar-refractivity contribution is -0.143. The number of nitrogens with two attached hydrogens (primary N) is 2. The summed E-state index contributed by atoms with van der Waals surface area (Å²) in [4.78, 5) is 48.9. The molecule has 0 saturated carbocycles. The van der Waals surface area contributed by atoms with Gasteiger partial charge in [-0.15, -0.1) is 0 Å². The highest BCUT2D eigenvalue weighted by atomic mass is 32.2. The van der Waals surface area contributed by atoms with Crippen LogP contribution in [0.5, 0.6) is 0 Å². The summed E-state index contributed by atoms with van der Waals surface area (Å²) in [5.74, 6) is -3.13. The second-order valence-electron chi connectivity index (χ2n) is 7.53. The molecule has 0 aromatic heterocycles. The van der Waals surface area contributed by atoms with Crippen LogP contribution in [0, 0.1) is 0 Å². The fourth-order valence-corrected chi connectivity index (χ4v) is 3.19. The molecule has 0 aromatic carbocycles. The lowest BCUT2D eigenvalue weighted by Gasteiger charge is -2.27. The van der Waals surface area contributed by atoms with Gasteiger partial charge in [0.05, 0.1) is 18.2 Å². The molecule has 6 atom stereocenters. The lowest BCUT2D eigenvalue weighted by atomic mass is 10.1. The number of carbonyl (C=O) groups excluding carboxylic acids is 3. The number of aliphatic carboxylic acids is 1. The first kappa shape index (κ1) is 30.1. The molecule has 0 spiro atoms. The number of amides is 3. The minimum absolute atomic E-state index is 0.124. The zero-order chi connectivity index (χ0) is 24.8. The van der Waals surface area contributed by atoms with Gasteiger partial charge in [0.1, 0.15) is 18.1 Å². The van der Waals surface area contributed by atoms with Gasteiger partial charge in [-0.05, 0) is 58.1 Å². The second-order valence-corrected chi connectivity index (χ2v) is 8.51. The first-order chi connectivity index (χ1) is 15.0. The SMILES string of the molecule is CSCCC(N)C(=O)NC(C(=O)NC(C(=O)NC(CCCCN)C(=O)O)C(C)O)C(C)O. The van der Waals surface area contributed by atoms with Gasteiger partial charge < -0.3 is 42.7 Å². The Hall–Kier alpha value is -1.93. The molecule has 0 heterocycles. The molecule has 0 saturated heterocycles. The minimum Gasteiger partial charge on any atom is -0.480 e. The predicted molar refractivity (Wildman–Crippen MR) is 121 cm³/mol. The van der Waals surface area contributed by atoms with Crippen molar-refractivity contribution in [3.8, 4) is 0 Å². The van der Waals surface area contributed by atoms with Gasteiger partial charge in [0.25, 0.3) is 0 Å². The van der Waals surface area contributed by atoms with Crippen molar-refractivity contribution < 1.29 is 34.5 Å². The van der Waals surface area contributed by atoms with E-state index in [2.05, 4.69) is 16.0 Å². The number of aliphatic hydroxyl groups excluding tert-OH is 2. The number of rotatable bonds is 16. The van der Waals surface area contributed by atoms with Crippen LogP contribution in [0.15, 0.2) is 0 Å². The molecule has 6 unspecified atom stereocenters. The maximum Gasteiger partial charge on any atom is 0.326 e. The van der Waals surface area contributed by atoms with Crippen molar-refractivity contribution in [3.05, 3.63) is 0 Å². The summed E-state index contributed by atoms with van der Waals surface area (Å²) in [6.45, 7) is 2.89. The normalized spacial score (nSPS) is 16.7. The van der Waals surface area contributed by atoms with Gasteiger partial charge >= 0.3 is 5.97 Å². The van der Waals surface area contributed by atoms with Crippen molar-refractivity contribution in [1.82, 2.24) is 16.0 Å². The van der Waals surface area contributed by atoms with Crippen LogP contribution in [0.25, 0.3) is 0 Å². The Morgan fingerprint density at radius 3 is 1.81 bits per heavy atom. The second kappa shape index (κ2) is 15.8. The van der Waals surface area contributed by atoms with Crippen LogP contribution < -0.4 is 27.4 Å². The molecule has 0 aliphatic carbocycles. The number of hydrogen-bond acceptors (Lipinski definition) is 9. The van der Waals surface area contributed by atoms with E-state index in [-0.39, 0.29) is 6.42 Å². The van der Waals surface area contributed by atoms with Crippen LogP contribution in [0.4, 0.5) is 0 Å². The Bertz CT molecular complexity index is 621. The zero-order valence-electron chi connectivity index (χ0n) is 18.7. The summed E-state index contributed by atoms with van der Waals surface area (Å²) in [6, 6.07) is -5.06. The van der Waals surface area contributed by atoms with Gasteiger partial charge in [0.2, 0.25) is 17.7 Å². The van der Waals surface area contributed by atoms with Crippen LogP contribution in [-0.4, -0.2) is 93.9 Å². The van der Waals surface area contributed by atoms with Gasteiger partial charge in [0.15, 0.2) is 0 Å². The van der Waals surface area contributed by atoms with Gasteiger partial charge in [-0.2, -0.15) is 11.8 Å². The van der Waals surface area contributed by atoms with Crippen LogP contribution in [0.2, 0.25) is 0 Å². The molecule has 0 aliphatic heterocycles. The minimum atomic E-state index is -1.51. The van der Waals surface area contributed by atoms with E-state index in [1.807, 2.05) is 6.26 Å². The quantitative estimate of drug-likeness (QED) is 0.109. The summed E-state index contributed by atoms with van der Waals surface area (Å²) in [7, 11) is 0. The monoisotopic (exact) mass is 479 g/mol. The summed E-state index contributed by atoms with van der Waals surface area (Å²) < 4.78 is 0. The number of thioether (sulfide) groups is 1. The topological polar surface area (TPSA) is 217 Å². The van der Waals surface area contributed by atoms with E-state index >= 15 is 0 Å². The first-order valence-electron chi connectivity index (χ1n) is 10.4. The standard InChI is InChI=1S/C19H37N5O7S/c1-10(25)14(17(28)22-13(19(30)31)6-4-5-8-20)24-18(29)15(11(2)26)23-16(27)12(21)7-9-32-3/h10-15,25-26H,4-9,20-21H2,1-3H3,(H,22,28)(H,23,27)(H,24,29)(H,30,31). The third kappa shape index (κ3) is 11.1. The maximum atomic E-state index is 12.7. The Balaban J connectivity index is 5.24. The van der Waals surface area contributed by atoms with Crippen molar-refractivity contribution in [3.63, 3.8) is 0 Å². The highest BCUT2D eigenvalue weighted by Gasteiger charge is 2.34. The van der Waals surface area contributed by atoms with E-state index in [1.54, 1.807) is 0 Å². The van der Waals surface area contributed by atoms with Crippen LogP contribution >= 0.6 is 11.8 Å². The molecule has 0 radical (unpaired) electrons. The maximum absolute atomic E-state index is 12.7. The third-order valence-electron chi connectivity index (χ3n) is 4.66. The lowest BCUT2D eigenvalue weighted by Crippen LogP contribution is -2.61. The van der Waals surface area contributed by atoms with E-state index in [1.165, 1.54) is 25.6 Å². The fourth-order valence-electron chi connectivity index (χ4n) is 2.70. The molecule has 12 nitrogen and oxygen atoms in total. The van der Waals surface area contributed by atoms with Crippen LogP contribution in [0.1, 0.15) is 39.5 Å². The number of carboxylic acids is 1. The molecular formula is C19H37N5O7S. The van der Waals surface area contributed by atoms with Gasteiger partial charge in [-0.25, -0.2) is 4.79 Å². The summed E-state index contributed by atoms with van der Waals surface area (Å²) in [5.41, 5.74) is 11.2. The number of unbranched alkanes of at least 4 members (excludes halogenated alkanes) is 1. The predicted octanol–water partition coefficient (Wildman–Crippen LogP) is -2.50. The smallest absolute Gasteiger partial charge is 0.326 e. The molecular weight excluding hydrogens is 442 g/mol. The van der Waals surface area contributed by atoms with E-state index in [9.17, 15) is 34.5 Å². The van der Waals surface area contributed by atoms with Crippen LogP contribution in [-0.2, 0) is 19.2 Å². The zero-order valence-corrected chi connectivity index (χ0v) is 19.6. The summed E-state index contributed by atoms with van der Waals surface area (Å²) >= 11 is 1.50. The number of aliphatic hydroxyl groups is 2. The summed E-state index contributed by atoms with van der Waals surface area (Å²) in [6.07, 6.45) is 0.668. The molecule has 186 valence electrons. The molecule has 13 heteroatoms. The first-order valence-corrected chi connectivity index (χ1v) is 11.8. The highest BCUT2D eigenvalue weighted by Crippen LogP contribution is 2.05. The molecule has 0 aliphatic rings. The van der Waals surface area contributed by atoms with Crippen molar-refractivity contribution in [2.24, 2.45) is 11.5 Å². The molecule has 0 fully saturated rings. The number of nitrogens with one attached hydrogen (secondary N) is 3. The molecule has 32 heavy (non-hydrogen) atoms. The summed E-state index contributed by atoms with van der Waals surface area (Å²) in [5, 5.41) is 36.1. The van der Waals surface area contributed by atoms with Crippen molar-refractivity contribution in [2.45, 2.75) is 75.9 Å². The average Bonchev–Trinajstić information content (AvgIpc) is 2.72. The van der Waals surface area contributed by atoms with Gasteiger partial charge in [-0.3, -0.25) is 14.4 Å². The molecule has 3 amide bonds. The molecule has 0 rings (SSSR count). The Morgan fingerprint density at radius 1 is 0.875 bits per heavy atom. The fraction of sp³-hybridized carbons (Fsp3) is 0.789. The largest absolute Gasteiger partial charge is 0.480 e. The van der Waals surface area contributed by atoms with Crippen molar-refractivity contribution >= 4 is 35.5 Å².